The Bertz CT molecular complexity index is 457. The summed E-state index contributed by atoms with van der Waals surface area (Å²) in [5.74, 6) is 1.74. The molecular weight excluding hydrogens is 186 g/mol. The van der Waals surface area contributed by atoms with Crippen molar-refractivity contribution in [1.29, 1.82) is 0 Å². The lowest BCUT2D eigenvalue weighted by Gasteiger charge is -2.00. The maximum absolute atomic E-state index is 5.84. The van der Waals surface area contributed by atoms with Crippen LogP contribution in [0.4, 0.5) is 5.69 Å². The van der Waals surface area contributed by atoms with Crippen molar-refractivity contribution >= 4 is 16.7 Å². The van der Waals surface area contributed by atoms with Crippen molar-refractivity contribution in [1.82, 2.24) is 9.97 Å². The molecule has 1 heterocycles. The van der Waals surface area contributed by atoms with Gasteiger partial charge in [-0.15, -0.1) is 0 Å². The molecule has 0 radical (unpaired) electrons. The van der Waals surface area contributed by atoms with Crippen LogP contribution in [-0.2, 0) is 6.42 Å². The molecule has 3 heteroatoms. The minimum atomic E-state index is 0.704. The fourth-order valence-electron chi connectivity index (χ4n) is 1.65. The number of para-hydroxylation sites is 1. The number of aromatic nitrogens is 2. The van der Waals surface area contributed by atoms with Crippen molar-refractivity contribution < 1.29 is 0 Å². The lowest BCUT2D eigenvalue weighted by atomic mass is 10.1. The SMILES string of the molecule is CC(C)CCc1nc2c(N)cccc2[nH]1. The van der Waals surface area contributed by atoms with Gasteiger partial charge in [0, 0.05) is 6.42 Å². The van der Waals surface area contributed by atoms with Crippen molar-refractivity contribution in [2.75, 3.05) is 5.73 Å². The molecule has 0 amide bonds. The fraction of sp³-hybridized carbons (Fsp3) is 0.417. The third-order valence-corrected chi connectivity index (χ3v) is 2.55. The lowest BCUT2D eigenvalue weighted by molar-refractivity contribution is 0.577. The first-order valence-corrected chi connectivity index (χ1v) is 5.40. The van der Waals surface area contributed by atoms with Crippen LogP contribution in [0.1, 0.15) is 26.1 Å². The maximum Gasteiger partial charge on any atom is 0.111 e. The molecule has 0 unspecified atom stereocenters. The minimum Gasteiger partial charge on any atom is -0.397 e. The van der Waals surface area contributed by atoms with Gasteiger partial charge in [-0.1, -0.05) is 19.9 Å². The van der Waals surface area contributed by atoms with Crippen LogP contribution in [-0.4, -0.2) is 9.97 Å². The molecule has 0 saturated heterocycles. The zero-order chi connectivity index (χ0) is 10.8. The number of hydrogen-bond donors (Lipinski definition) is 2. The third kappa shape index (κ3) is 2.12. The first-order valence-electron chi connectivity index (χ1n) is 5.40. The number of nitrogen functional groups attached to an aromatic ring is 1. The van der Waals surface area contributed by atoms with E-state index in [4.69, 9.17) is 5.73 Å². The van der Waals surface area contributed by atoms with Gasteiger partial charge in [0.1, 0.15) is 11.3 Å². The van der Waals surface area contributed by atoms with Gasteiger partial charge in [-0.05, 0) is 24.5 Å². The Morgan fingerprint density at radius 1 is 1.40 bits per heavy atom. The van der Waals surface area contributed by atoms with Crippen LogP contribution in [0.3, 0.4) is 0 Å². The highest BCUT2D eigenvalue weighted by Gasteiger charge is 2.05. The van der Waals surface area contributed by atoms with Crippen LogP contribution >= 0.6 is 0 Å². The Morgan fingerprint density at radius 3 is 2.87 bits per heavy atom. The van der Waals surface area contributed by atoms with Crippen LogP contribution in [0.2, 0.25) is 0 Å². The summed E-state index contributed by atoms with van der Waals surface area (Å²) in [7, 11) is 0. The number of nitrogens with zero attached hydrogens (tertiary/aromatic N) is 1. The van der Waals surface area contributed by atoms with Crippen molar-refractivity contribution in [2.24, 2.45) is 5.92 Å². The molecule has 3 N–H and O–H groups in total. The molecule has 1 aromatic carbocycles. The number of aromatic amines is 1. The Hall–Kier alpha value is -1.51. The summed E-state index contributed by atoms with van der Waals surface area (Å²) in [5, 5.41) is 0. The molecule has 2 aromatic rings. The van der Waals surface area contributed by atoms with Gasteiger partial charge < -0.3 is 10.7 Å². The van der Waals surface area contributed by atoms with Gasteiger partial charge >= 0.3 is 0 Å². The third-order valence-electron chi connectivity index (χ3n) is 2.55. The summed E-state index contributed by atoms with van der Waals surface area (Å²) in [4.78, 5) is 7.80. The number of rotatable bonds is 3. The van der Waals surface area contributed by atoms with Crippen LogP contribution in [0.5, 0.6) is 0 Å². The van der Waals surface area contributed by atoms with E-state index < -0.39 is 0 Å². The zero-order valence-corrected chi connectivity index (χ0v) is 9.25. The van der Waals surface area contributed by atoms with E-state index in [0.29, 0.717) is 5.92 Å². The summed E-state index contributed by atoms with van der Waals surface area (Å²) in [5.41, 5.74) is 8.53. The number of nitrogens with two attached hydrogens (primary N) is 1. The first kappa shape index (κ1) is 10.0. The van der Waals surface area contributed by atoms with E-state index in [1.165, 1.54) is 0 Å². The van der Waals surface area contributed by atoms with Gasteiger partial charge in [-0.25, -0.2) is 4.98 Å². The van der Waals surface area contributed by atoms with E-state index in [9.17, 15) is 0 Å². The number of fused-ring (bicyclic) bond motifs is 1. The normalized spacial score (nSPS) is 11.4. The number of hydrogen-bond acceptors (Lipinski definition) is 2. The highest BCUT2D eigenvalue weighted by atomic mass is 14.9. The second-order valence-electron chi connectivity index (χ2n) is 4.36. The monoisotopic (exact) mass is 203 g/mol. The quantitative estimate of drug-likeness (QED) is 0.753. The summed E-state index contributed by atoms with van der Waals surface area (Å²) < 4.78 is 0. The van der Waals surface area contributed by atoms with Crippen molar-refractivity contribution in [2.45, 2.75) is 26.7 Å². The zero-order valence-electron chi connectivity index (χ0n) is 9.25. The van der Waals surface area contributed by atoms with E-state index in [1.807, 2.05) is 18.2 Å². The number of imidazole rings is 1. The second-order valence-corrected chi connectivity index (χ2v) is 4.36. The first-order chi connectivity index (χ1) is 7.16. The fourth-order valence-corrected chi connectivity index (χ4v) is 1.65. The van der Waals surface area contributed by atoms with E-state index in [1.54, 1.807) is 0 Å². The highest BCUT2D eigenvalue weighted by molar-refractivity contribution is 5.86. The smallest absolute Gasteiger partial charge is 0.111 e. The number of benzene rings is 1. The molecule has 0 aliphatic heterocycles. The molecule has 0 saturated carbocycles. The average molecular weight is 203 g/mol. The largest absolute Gasteiger partial charge is 0.397 e. The standard InChI is InChI=1S/C12H17N3/c1-8(2)6-7-11-14-10-5-3-4-9(13)12(10)15-11/h3-5,8H,6-7,13H2,1-2H3,(H,14,15). The van der Waals surface area contributed by atoms with Gasteiger partial charge in [-0.3, -0.25) is 0 Å². The average Bonchev–Trinajstić information content (AvgIpc) is 2.59. The molecule has 0 fully saturated rings. The van der Waals surface area contributed by atoms with Gasteiger partial charge in [0.05, 0.1) is 11.2 Å². The van der Waals surface area contributed by atoms with E-state index >= 15 is 0 Å². The van der Waals surface area contributed by atoms with Crippen molar-refractivity contribution in [3.63, 3.8) is 0 Å². The van der Waals surface area contributed by atoms with E-state index in [2.05, 4.69) is 23.8 Å². The number of anilines is 1. The predicted octanol–water partition coefficient (Wildman–Crippen LogP) is 2.73. The van der Waals surface area contributed by atoms with Crippen LogP contribution in [0.25, 0.3) is 11.0 Å². The molecule has 1 aromatic heterocycles. The van der Waals surface area contributed by atoms with Gasteiger partial charge in [-0.2, -0.15) is 0 Å². The summed E-state index contributed by atoms with van der Waals surface area (Å²) in [6.07, 6.45) is 2.14. The summed E-state index contributed by atoms with van der Waals surface area (Å²) in [6.45, 7) is 4.44. The van der Waals surface area contributed by atoms with Crippen molar-refractivity contribution in [3.05, 3.63) is 24.0 Å². The van der Waals surface area contributed by atoms with E-state index in [0.717, 1.165) is 35.4 Å². The van der Waals surface area contributed by atoms with Crippen LogP contribution < -0.4 is 5.73 Å². The Morgan fingerprint density at radius 2 is 2.20 bits per heavy atom. The molecule has 3 nitrogen and oxygen atoms in total. The number of aryl methyl sites for hydroxylation is 1. The van der Waals surface area contributed by atoms with Gasteiger partial charge in [0.15, 0.2) is 0 Å². The molecule has 0 spiro atoms. The Kier molecular flexibility index (Phi) is 2.62. The molecule has 80 valence electrons. The Labute approximate surface area is 89.7 Å². The number of H-pyrrole nitrogens is 1. The maximum atomic E-state index is 5.84. The van der Waals surface area contributed by atoms with Gasteiger partial charge in [0.25, 0.3) is 0 Å². The predicted molar refractivity (Wildman–Crippen MR) is 63.7 cm³/mol. The van der Waals surface area contributed by atoms with Crippen LogP contribution in [0, 0.1) is 5.92 Å². The molecule has 15 heavy (non-hydrogen) atoms. The summed E-state index contributed by atoms with van der Waals surface area (Å²) in [6, 6.07) is 5.84. The molecule has 2 rings (SSSR count). The molecular formula is C12H17N3. The van der Waals surface area contributed by atoms with Crippen molar-refractivity contribution in [3.8, 4) is 0 Å². The molecule has 0 aliphatic carbocycles. The molecule has 0 aliphatic rings. The summed E-state index contributed by atoms with van der Waals surface area (Å²) >= 11 is 0. The lowest BCUT2D eigenvalue weighted by Crippen LogP contribution is -1.93. The number of nitrogens with one attached hydrogen (secondary N) is 1. The Balaban J connectivity index is 2.27. The highest BCUT2D eigenvalue weighted by Crippen LogP contribution is 2.19. The molecule has 0 bridgehead atoms. The van der Waals surface area contributed by atoms with Crippen LogP contribution in [0.15, 0.2) is 18.2 Å². The van der Waals surface area contributed by atoms with E-state index in [-0.39, 0.29) is 0 Å². The topological polar surface area (TPSA) is 54.7 Å². The van der Waals surface area contributed by atoms with Gasteiger partial charge in [0.2, 0.25) is 0 Å². The molecule has 0 atom stereocenters. The second kappa shape index (κ2) is 3.93. The minimum absolute atomic E-state index is 0.704.